The van der Waals surface area contributed by atoms with Gasteiger partial charge in [-0.05, 0) is 18.9 Å². The first-order valence-corrected chi connectivity index (χ1v) is 9.95. The zero-order chi connectivity index (χ0) is 21.8. The first-order chi connectivity index (χ1) is 13.9. The monoisotopic (exact) mass is 415 g/mol. The first kappa shape index (κ1) is 24.0. The lowest BCUT2D eigenvalue weighted by molar-refractivity contribution is 0.0972. The number of nitrogens with two attached hydrogens (primary N) is 2. The Morgan fingerprint density at radius 2 is 1.90 bits per heavy atom. The summed E-state index contributed by atoms with van der Waals surface area (Å²) in [5, 5.41) is 5.70. The van der Waals surface area contributed by atoms with Crippen molar-refractivity contribution in [3.05, 3.63) is 53.9 Å². The zero-order valence-electron chi connectivity index (χ0n) is 17.2. The zero-order valence-corrected chi connectivity index (χ0v) is 18.4. The lowest BCUT2D eigenvalue weighted by Crippen LogP contribution is -2.38. The molecule has 0 aliphatic carbocycles. The number of guanidine groups is 1. The molecule has 1 unspecified atom stereocenters. The van der Waals surface area contributed by atoms with Gasteiger partial charge in [0.2, 0.25) is 0 Å². The molecule has 6 N–H and O–H groups in total. The summed E-state index contributed by atoms with van der Waals surface area (Å²) in [6.07, 6.45) is 0.727. The summed E-state index contributed by atoms with van der Waals surface area (Å²) in [6, 6.07) is 9.85. The van der Waals surface area contributed by atoms with Gasteiger partial charge in [0, 0.05) is 18.8 Å². The van der Waals surface area contributed by atoms with E-state index in [2.05, 4.69) is 41.4 Å². The second kappa shape index (κ2) is 12.5. The Bertz CT molecular complexity index is 853. The third-order valence-corrected chi connectivity index (χ3v) is 4.21. The maximum absolute atomic E-state index is 12.2. The van der Waals surface area contributed by atoms with Gasteiger partial charge in [-0.3, -0.25) is 15.1 Å². The van der Waals surface area contributed by atoms with Crippen molar-refractivity contribution in [1.29, 1.82) is 0 Å². The second-order valence-electron chi connectivity index (χ2n) is 5.77. The van der Waals surface area contributed by atoms with Gasteiger partial charge in [0.15, 0.2) is 17.5 Å². The molecule has 1 heterocycles. The molecule has 0 fully saturated rings. The number of hydrogen-bond acceptors (Lipinski definition) is 6. The third-order valence-electron chi connectivity index (χ3n) is 3.67. The van der Waals surface area contributed by atoms with Gasteiger partial charge in [0.1, 0.15) is 0 Å². The lowest BCUT2D eigenvalue weighted by Gasteiger charge is -2.09. The highest BCUT2D eigenvalue weighted by Crippen LogP contribution is 2.08. The van der Waals surface area contributed by atoms with Crippen LogP contribution in [0.5, 0.6) is 0 Å². The van der Waals surface area contributed by atoms with Crippen molar-refractivity contribution in [3.63, 3.8) is 0 Å². The van der Waals surface area contributed by atoms with E-state index in [9.17, 15) is 4.79 Å². The summed E-state index contributed by atoms with van der Waals surface area (Å²) in [4.78, 5) is 24.5. The van der Waals surface area contributed by atoms with Crippen LogP contribution in [0.15, 0.2) is 41.9 Å². The number of aromatic nitrogens is 2. The van der Waals surface area contributed by atoms with E-state index in [4.69, 9.17) is 11.5 Å². The van der Waals surface area contributed by atoms with Gasteiger partial charge in [0.05, 0.1) is 11.1 Å². The summed E-state index contributed by atoms with van der Waals surface area (Å²) in [5.74, 6) is -0.486. The van der Waals surface area contributed by atoms with Gasteiger partial charge in [0.25, 0.3) is 5.91 Å². The molecule has 0 bridgehead atoms. The molecular formula is C20H30N7OP. The number of aryl methyl sites for hydroxylation is 1. The number of carbonyl (C=O) groups is 1. The van der Waals surface area contributed by atoms with Crippen molar-refractivity contribution in [2.45, 2.75) is 27.2 Å². The maximum Gasteiger partial charge on any atom is 0.280 e. The van der Waals surface area contributed by atoms with E-state index in [1.165, 1.54) is 0 Å². The Kier molecular flexibility index (Phi) is 10.3. The second-order valence-corrected chi connectivity index (χ2v) is 6.32. The van der Waals surface area contributed by atoms with E-state index >= 15 is 0 Å². The number of nitrogen functional groups attached to an aromatic ring is 1. The minimum atomic E-state index is -0.537. The molecule has 0 radical (unpaired) electrons. The molecule has 9 heteroatoms. The van der Waals surface area contributed by atoms with Crippen LogP contribution in [-0.4, -0.2) is 34.9 Å². The standard InChI is InChI=1S/C18H24N7OP.C2H6/c1-11(13-7-4-3-5-8-13)21-9-6-10-22-18(20)25-16(26)14-15(19)24-17(27)12(2)23-14;1-2/h3-5,7-8,21H,1,6,9-10,27H2,2H3,(H2,19,24)(H3,20,22,25,26);1-2H3. The van der Waals surface area contributed by atoms with Crippen molar-refractivity contribution >= 4 is 38.1 Å². The number of carbonyl (C=O) groups excluding carboxylic acids is 1. The largest absolute Gasteiger partial charge is 0.385 e. The highest BCUT2D eigenvalue weighted by molar-refractivity contribution is 7.27. The Morgan fingerprint density at radius 1 is 1.24 bits per heavy atom. The molecule has 1 amide bonds. The van der Waals surface area contributed by atoms with Crippen molar-refractivity contribution in [1.82, 2.24) is 20.6 Å². The minimum Gasteiger partial charge on any atom is -0.385 e. The molecule has 2 rings (SSSR count). The van der Waals surface area contributed by atoms with Crippen LogP contribution >= 0.6 is 9.24 Å². The normalized spacial score (nSPS) is 10.6. The molecule has 0 saturated heterocycles. The van der Waals surface area contributed by atoms with Gasteiger partial charge in [-0.2, -0.15) is 0 Å². The highest BCUT2D eigenvalue weighted by atomic mass is 31.0. The number of rotatable bonds is 7. The van der Waals surface area contributed by atoms with E-state index in [0.29, 0.717) is 24.2 Å². The number of hydrogen-bond donors (Lipinski definition) is 4. The first-order valence-electron chi connectivity index (χ1n) is 9.37. The Labute approximate surface area is 174 Å². The smallest absolute Gasteiger partial charge is 0.280 e. The molecular weight excluding hydrogens is 385 g/mol. The number of nitrogens with one attached hydrogen (secondary N) is 2. The lowest BCUT2D eigenvalue weighted by atomic mass is 10.2. The average Bonchev–Trinajstić information content (AvgIpc) is 2.72. The molecule has 0 spiro atoms. The van der Waals surface area contributed by atoms with Gasteiger partial charge >= 0.3 is 0 Å². The predicted molar refractivity (Wildman–Crippen MR) is 124 cm³/mol. The van der Waals surface area contributed by atoms with Crippen LogP contribution in [0.25, 0.3) is 5.70 Å². The molecule has 156 valence electrons. The summed E-state index contributed by atoms with van der Waals surface area (Å²) < 4.78 is 0. The summed E-state index contributed by atoms with van der Waals surface area (Å²) in [6.45, 7) is 10.9. The van der Waals surface area contributed by atoms with Gasteiger partial charge in [-0.15, -0.1) is 0 Å². The van der Waals surface area contributed by atoms with Crippen molar-refractivity contribution in [2.24, 2.45) is 10.7 Å². The molecule has 1 atom stereocenters. The average molecular weight is 415 g/mol. The highest BCUT2D eigenvalue weighted by Gasteiger charge is 2.15. The molecule has 1 aromatic carbocycles. The fraction of sp³-hybridized carbons (Fsp3) is 0.300. The van der Waals surface area contributed by atoms with Crippen LogP contribution in [0.3, 0.4) is 0 Å². The van der Waals surface area contributed by atoms with E-state index in [1.54, 1.807) is 6.92 Å². The quantitative estimate of drug-likeness (QED) is 0.235. The molecule has 1 aromatic heterocycles. The number of amides is 1. The van der Waals surface area contributed by atoms with E-state index in [1.807, 2.05) is 44.2 Å². The topological polar surface area (TPSA) is 131 Å². The van der Waals surface area contributed by atoms with Crippen LogP contribution < -0.4 is 27.5 Å². The van der Waals surface area contributed by atoms with Crippen LogP contribution in [0.4, 0.5) is 5.82 Å². The fourth-order valence-corrected chi connectivity index (χ4v) is 2.39. The summed E-state index contributed by atoms with van der Waals surface area (Å²) >= 11 is 0. The number of anilines is 1. The van der Waals surface area contributed by atoms with Crippen LogP contribution in [0.1, 0.15) is 42.0 Å². The van der Waals surface area contributed by atoms with Crippen LogP contribution in [0.2, 0.25) is 0 Å². The maximum atomic E-state index is 12.2. The Hall–Kier alpha value is -2.99. The molecule has 8 nitrogen and oxygen atoms in total. The summed E-state index contributed by atoms with van der Waals surface area (Å²) in [5.41, 5.74) is 14.6. The van der Waals surface area contributed by atoms with Gasteiger partial charge in [-0.25, -0.2) is 9.97 Å². The number of aliphatic imine (C=N–C) groups is 1. The van der Waals surface area contributed by atoms with E-state index in [-0.39, 0.29) is 17.5 Å². The van der Waals surface area contributed by atoms with Crippen LogP contribution in [-0.2, 0) is 0 Å². The number of benzene rings is 1. The SMILES string of the molecule is C=C(NCCCN=C(N)NC(=O)c1nc(C)c(P)nc1N)c1ccccc1.CC. The van der Waals surface area contributed by atoms with E-state index in [0.717, 1.165) is 17.7 Å². The molecule has 0 saturated carbocycles. The van der Waals surface area contributed by atoms with Gasteiger partial charge in [-0.1, -0.05) is 60.0 Å². The molecule has 2 aromatic rings. The fourth-order valence-electron chi connectivity index (χ4n) is 2.19. The van der Waals surface area contributed by atoms with E-state index < -0.39 is 5.91 Å². The third kappa shape index (κ3) is 7.87. The van der Waals surface area contributed by atoms with Crippen molar-refractivity contribution in [3.8, 4) is 0 Å². The molecule has 0 aliphatic rings. The Balaban J connectivity index is 0.00000204. The van der Waals surface area contributed by atoms with Gasteiger partial charge < -0.3 is 16.8 Å². The molecule has 0 aliphatic heterocycles. The number of nitrogens with zero attached hydrogens (tertiary/aromatic N) is 3. The molecule has 29 heavy (non-hydrogen) atoms. The van der Waals surface area contributed by atoms with Crippen molar-refractivity contribution < 1.29 is 4.79 Å². The Morgan fingerprint density at radius 3 is 2.55 bits per heavy atom. The summed E-state index contributed by atoms with van der Waals surface area (Å²) in [7, 11) is 2.41. The van der Waals surface area contributed by atoms with Crippen molar-refractivity contribution in [2.75, 3.05) is 18.8 Å². The minimum absolute atomic E-state index is 0.00990. The predicted octanol–water partition coefficient (Wildman–Crippen LogP) is 1.59. The van der Waals surface area contributed by atoms with Crippen LogP contribution in [0, 0.1) is 6.92 Å².